The molecule has 0 spiro atoms. The smallest absolute Gasteiger partial charge is 0.180 e. The van der Waals surface area contributed by atoms with Crippen LogP contribution in [0.4, 0.5) is 5.82 Å². The van der Waals surface area contributed by atoms with Crippen LogP contribution in [0.5, 0.6) is 5.75 Å². The van der Waals surface area contributed by atoms with E-state index in [1.165, 1.54) is 0 Å². The molecule has 1 aliphatic heterocycles. The van der Waals surface area contributed by atoms with Crippen LogP contribution in [0.1, 0.15) is 32.0 Å². The minimum Gasteiger partial charge on any atom is -0.489 e. The molecule has 0 aliphatic carbocycles. The van der Waals surface area contributed by atoms with Gasteiger partial charge in [-0.15, -0.1) is 0 Å². The largest absolute Gasteiger partial charge is 0.489 e. The fourth-order valence-corrected chi connectivity index (χ4v) is 1.97. The van der Waals surface area contributed by atoms with Gasteiger partial charge in [-0.3, -0.25) is 4.99 Å². The maximum atomic E-state index is 5.73. The molecule has 120 valence electrons. The minimum atomic E-state index is 0.445. The third-order valence-corrected chi connectivity index (χ3v) is 3.13. The van der Waals surface area contributed by atoms with Gasteiger partial charge in [-0.25, -0.2) is 9.97 Å². The summed E-state index contributed by atoms with van der Waals surface area (Å²) in [5, 5.41) is 3.30. The first-order chi connectivity index (χ1) is 10.8. The van der Waals surface area contributed by atoms with Gasteiger partial charge in [-0.1, -0.05) is 13.3 Å². The number of hydrogen-bond donors (Lipinski definition) is 1. The average Bonchev–Trinajstić information content (AvgIpc) is 2.54. The zero-order chi connectivity index (χ0) is 15.6. The fraction of sp³-hybridized carbons (Fsp3) is 0.562. The molecule has 0 bridgehead atoms. The van der Waals surface area contributed by atoms with Crippen molar-refractivity contribution in [2.75, 3.05) is 31.6 Å². The maximum Gasteiger partial charge on any atom is 0.180 e. The monoisotopic (exact) mass is 304 g/mol. The van der Waals surface area contributed by atoms with Gasteiger partial charge in [-0.05, 0) is 25.8 Å². The Morgan fingerprint density at radius 2 is 2.14 bits per heavy atom. The number of anilines is 1. The second kappa shape index (κ2) is 9.02. The van der Waals surface area contributed by atoms with E-state index in [2.05, 4.69) is 27.2 Å². The first kappa shape index (κ1) is 16.3. The van der Waals surface area contributed by atoms with E-state index in [1.54, 1.807) is 12.4 Å². The second-order valence-electron chi connectivity index (χ2n) is 5.04. The fourth-order valence-electron chi connectivity index (χ4n) is 1.97. The van der Waals surface area contributed by atoms with Gasteiger partial charge in [0.25, 0.3) is 0 Å². The quantitative estimate of drug-likeness (QED) is 0.710. The molecule has 22 heavy (non-hydrogen) atoms. The van der Waals surface area contributed by atoms with E-state index in [4.69, 9.17) is 9.47 Å². The minimum absolute atomic E-state index is 0.445. The third kappa shape index (κ3) is 5.35. The van der Waals surface area contributed by atoms with Crippen molar-refractivity contribution >= 4 is 12.0 Å². The molecule has 1 aromatic heterocycles. The number of rotatable bonds is 9. The molecule has 2 heterocycles. The van der Waals surface area contributed by atoms with Crippen molar-refractivity contribution in [1.29, 1.82) is 0 Å². The van der Waals surface area contributed by atoms with Crippen LogP contribution in [0.3, 0.4) is 0 Å². The summed E-state index contributed by atoms with van der Waals surface area (Å²) < 4.78 is 11.3. The Morgan fingerprint density at radius 3 is 2.91 bits per heavy atom. The Morgan fingerprint density at radius 1 is 1.27 bits per heavy atom. The molecule has 0 saturated carbocycles. The number of aryl methyl sites for hydroxylation is 1. The summed E-state index contributed by atoms with van der Waals surface area (Å²) in [7, 11) is 0. The number of aromatic nitrogens is 2. The molecule has 0 amide bonds. The first-order valence-corrected chi connectivity index (χ1v) is 7.82. The van der Waals surface area contributed by atoms with Gasteiger partial charge in [0.1, 0.15) is 24.8 Å². The highest BCUT2D eigenvalue weighted by molar-refractivity contribution is 5.76. The van der Waals surface area contributed by atoms with Crippen LogP contribution < -0.4 is 10.1 Å². The van der Waals surface area contributed by atoms with E-state index < -0.39 is 0 Å². The van der Waals surface area contributed by atoms with E-state index in [-0.39, 0.29) is 0 Å². The van der Waals surface area contributed by atoms with Crippen LogP contribution in [0, 0.1) is 6.92 Å². The molecule has 0 radical (unpaired) electrons. The lowest BCUT2D eigenvalue weighted by Crippen LogP contribution is -2.12. The summed E-state index contributed by atoms with van der Waals surface area (Å²) in [6, 6.07) is 0. The first-order valence-electron chi connectivity index (χ1n) is 7.82. The summed E-state index contributed by atoms with van der Waals surface area (Å²) in [4.78, 5) is 12.8. The summed E-state index contributed by atoms with van der Waals surface area (Å²) in [6.07, 6.45) is 8.68. The van der Waals surface area contributed by atoms with Crippen molar-refractivity contribution in [2.45, 2.75) is 33.1 Å². The molecule has 0 fully saturated rings. The highest BCUT2D eigenvalue weighted by Gasteiger charge is 2.07. The highest BCUT2D eigenvalue weighted by atomic mass is 16.5. The molecular formula is C16H24N4O2. The van der Waals surface area contributed by atoms with Gasteiger partial charge in [-0.2, -0.15) is 0 Å². The number of nitrogens with one attached hydrogen (secondary N) is 1. The molecule has 1 N–H and O–H groups in total. The summed E-state index contributed by atoms with van der Waals surface area (Å²) in [6.45, 7) is 6.66. The SMILES string of the molecule is CCCCNc1nc(C)ncc1OCCOC1=CCCN=C1. The van der Waals surface area contributed by atoms with Gasteiger partial charge in [0, 0.05) is 13.1 Å². The Kier molecular flexibility index (Phi) is 6.67. The van der Waals surface area contributed by atoms with Crippen LogP contribution in [0.2, 0.25) is 0 Å². The van der Waals surface area contributed by atoms with Gasteiger partial charge in [0.2, 0.25) is 0 Å². The van der Waals surface area contributed by atoms with Crippen molar-refractivity contribution < 1.29 is 9.47 Å². The van der Waals surface area contributed by atoms with E-state index in [0.717, 1.165) is 49.8 Å². The van der Waals surface area contributed by atoms with Crippen LogP contribution in [0.25, 0.3) is 0 Å². The average molecular weight is 304 g/mol. The second-order valence-corrected chi connectivity index (χ2v) is 5.04. The molecule has 2 rings (SSSR count). The predicted octanol–water partition coefficient (Wildman–Crippen LogP) is 2.75. The molecule has 0 atom stereocenters. The summed E-state index contributed by atoms with van der Waals surface area (Å²) >= 11 is 0. The van der Waals surface area contributed by atoms with E-state index in [0.29, 0.717) is 19.0 Å². The highest BCUT2D eigenvalue weighted by Crippen LogP contribution is 2.20. The molecule has 1 aromatic rings. The van der Waals surface area contributed by atoms with E-state index in [9.17, 15) is 0 Å². The zero-order valence-corrected chi connectivity index (χ0v) is 13.3. The van der Waals surface area contributed by atoms with Gasteiger partial charge >= 0.3 is 0 Å². The third-order valence-electron chi connectivity index (χ3n) is 3.13. The molecule has 1 aliphatic rings. The Bertz CT molecular complexity index is 529. The van der Waals surface area contributed by atoms with Gasteiger partial charge in [0.05, 0.1) is 12.4 Å². The van der Waals surface area contributed by atoms with Crippen molar-refractivity contribution in [3.63, 3.8) is 0 Å². The lowest BCUT2D eigenvalue weighted by Gasteiger charge is -2.13. The van der Waals surface area contributed by atoms with Crippen LogP contribution in [-0.4, -0.2) is 42.5 Å². The molecule has 6 nitrogen and oxygen atoms in total. The number of ether oxygens (including phenoxy) is 2. The van der Waals surface area contributed by atoms with Gasteiger partial charge in [0.15, 0.2) is 11.6 Å². The number of dihydropyridines is 1. The van der Waals surface area contributed by atoms with Crippen molar-refractivity contribution in [2.24, 2.45) is 4.99 Å². The van der Waals surface area contributed by atoms with Crippen LogP contribution in [0.15, 0.2) is 23.0 Å². The van der Waals surface area contributed by atoms with E-state index in [1.807, 2.05) is 13.0 Å². The Hall–Kier alpha value is -2.11. The number of nitrogens with zero attached hydrogens (tertiary/aromatic N) is 3. The number of unbranched alkanes of at least 4 members (excludes halogenated alkanes) is 1. The maximum absolute atomic E-state index is 5.73. The van der Waals surface area contributed by atoms with E-state index >= 15 is 0 Å². The Balaban J connectivity index is 1.80. The summed E-state index contributed by atoms with van der Waals surface area (Å²) in [5.74, 6) is 2.96. The molecule has 0 unspecified atom stereocenters. The Labute approximate surface area is 131 Å². The van der Waals surface area contributed by atoms with Crippen molar-refractivity contribution in [3.05, 3.63) is 23.9 Å². The summed E-state index contributed by atoms with van der Waals surface area (Å²) in [5.41, 5.74) is 0. The van der Waals surface area contributed by atoms with Crippen molar-refractivity contribution in [1.82, 2.24) is 9.97 Å². The van der Waals surface area contributed by atoms with Crippen molar-refractivity contribution in [3.8, 4) is 5.75 Å². The normalized spacial score (nSPS) is 13.6. The van der Waals surface area contributed by atoms with Gasteiger partial charge < -0.3 is 14.8 Å². The number of allylic oxidation sites excluding steroid dienone is 1. The topological polar surface area (TPSA) is 68.6 Å². The van der Waals surface area contributed by atoms with Crippen LogP contribution >= 0.6 is 0 Å². The number of hydrogen-bond acceptors (Lipinski definition) is 6. The molecular weight excluding hydrogens is 280 g/mol. The zero-order valence-electron chi connectivity index (χ0n) is 13.3. The standard InChI is InChI=1S/C16H24N4O2/c1-3-4-8-18-16-15(12-19-13(2)20-16)22-10-9-21-14-6-5-7-17-11-14/h6,11-12H,3-5,7-10H2,1-2H3,(H,18,19,20). The number of aliphatic imine (C=N–C) groups is 1. The lowest BCUT2D eigenvalue weighted by molar-refractivity contribution is 0.167. The molecule has 6 heteroatoms. The molecule has 0 aromatic carbocycles. The van der Waals surface area contributed by atoms with Crippen LogP contribution in [-0.2, 0) is 4.74 Å². The molecule has 0 saturated heterocycles. The predicted molar refractivity (Wildman–Crippen MR) is 87.7 cm³/mol. The lowest BCUT2D eigenvalue weighted by atomic mass is 10.3.